The predicted molar refractivity (Wildman–Crippen MR) is 59.5 cm³/mol. The molecule has 0 atom stereocenters. The van der Waals surface area contributed by atoms with Gasteiger partial charge in [0.25, 0.3) is 0 Å². The van der Waals surface area contributed by atoms with Crippen molar-refractivity contribution in [2.45, 2.75) is 0 Å². The van der Waals surface area contributed by atoms with E-state index in [9.17, 15) is 19.8 Å². The summed E-state index contributed by atoms with van der Waals surface area (Å²) in [6, 6.07) is 0. The van der Waals surface area contributed by atoms with Crippen LogP contribution < -0.4 is 35.0 Å². The number of quaternary nitrogens is 2. The molecular formula is C10H20CaCl2N2O4. The molecule has 0 N–H and O–H groups in total. The molecule has 9 heteroatoms. The maximum Gasteiger partial charge on any atom is 2.00 e. The van der Waals surface area contributed by atoms with Crippen molar-refractivity contribution in [2.75, 3.05) is 54.4 Å². The number of halogens is 2. The first kappa shape index (κ1) is 27.9. The van der Waals surface area contributed by atoms with Gasteiger partial charge >= 0.3 is 37.7 Å². The fourth-order valence-electron chi connectivity index (χ4n) is 1.40. The van der Waals surface area contributed by atoms with Gasteiger partial charge in [0.2, 0.25) is 0 Å². The summed E-state index contributed by atoms with van der Waals surface area (Å²) in [5, 5.41) is 21.0. The molecule has 0 spiro atoms. The van der Waals surface area contributed by atoms with Gasteiger partial charge in [0.05, 0.1) is 40.1 Å². The fraction of sp³-hybridized carbons (Fsp3) is 0.800. The molecule has 0 aliphatic carbocycles. The van der Waals surface area contributed by atoms with E-state index in [0.29, 0.717) is 13.1 Å². The molecule has 0 amide bonds. The van der Waals surface area contributed by atoms with Gasteiger partial charge in [-0.05, 0) is 0 Å². The van der Waals surface area contributed by atoms with Crippen molar-refractivity contribution in [2.24, 2.45) is 0 Å². The number of carbonyl (C=O) groups excluding carboxylic acids is 2. The van der Waals surface area contributed by atoms with E-state index in [2.05, 4.69) is 0 Å². The molecule has 0 heterocycles. The first-order valence-corrected chi connectivity index (χ1v) is 5.08. The Bertz CT molecular complexity index is 261. The van der Waals surface area contributed by atoms with Crippen molar-refractivity contribution >= 4 is 49.7 Å². The van der Waals surface area contributed by atoms with Crippen LogP contribution in [0.15, 0.2) is 0 Å². The molecule has 0 fully saturated rings. The summed E-state index contributed by atoms with van der Waals surface area (Å²) < 4.78 is 0.550. The van der Waals surface area contributed by atoms with Crippen molar-refractivity contribution in [1.29, 1.82) is 0 Å². The second-order valence-electron chi connectivity index (χ2n) is 5.38. The zero-order chi connectivity index (χ0) is 13.0. The first-order valence-electron chi connectivity index (χ1n) is 5.08. The summed E-state index contributed by atoms with van der Waals surface area (Å²) >= 11 is 0. The van der Waals surface area contributed by atoms with Crippen LogP contribution in [0, 0.1) is 0 Å². The first-order chi connectivity index (χ1) is 7.04. The molecule has 0 aromatic heterocycles. The molecule has 0 radical (unpaired) electrons. The van der Waals surface area contributed by atoms with Gasteiger partial charge in [-0.3, -0.25) is 0 Å². The fourth-order valence-corrected chi connectivity index (χ4v) is 1.40. The topological polar surface area (TPSA) is 80.3 Å². The van der Waals surface area contributed by atoms with Crippen molar-refractivity contribution in [3.8, 4) is 0 Å². The second kappa shape index (κ2) is 11.4. The molecule has 0 saturated heterocycles. The van der Waals surface area contributed by atoms with Gasteiger partial charge in [-0.25, -0.2) is 0 Å². The third kappa shape index (κ3) is 16.6. The Hall–Kier alpha value is 0.700. The van der Waals surface area contributed by atoms with E-state index in [1.807, 2.05) is 0 Å². The van der Waals surface area contributed by atoms with Crippen LogP contribution in [0.5, 0.6) is 0 Å². The number of carbonyl (C=O) groups is 2. The molecule has 0 bridgehead atoms. The summed E-state index contributed by atoms with van der Waals surface area (Å²) in [4.78, 5) is 21.0. The zero-order valence-corrected chi connectivity index (χ0v) is 15.5. The smallest absolute Gasteiger partial charge is 1.00 e. The van der Waals surface area contributed by atoms with Crippen LogP contribution in [-0.2, 0) is 9.59 Å². The van der Waals surface area contributed by atoms with Crippen LogP contribution >= 0.6 is 0 Å². The summed E-state index contributed by atoms with van der Waals surface area (Å²) in [6.45, 7) is 0.971. The van der Waals surface area contributed by atoms with Gasteiger partial charge in [-0.15, -0.1) is 0 Å². The van der Waals surface area contributed by atoms with Gasteiger partial charge in [-0.2, -0.15) is 0 Å². The Balaban J connectivity index is -0.000000375. The summed E-state index contributed by atoms with van der Waals surface area (Å²) in [6.07, 6.45) is 0. The third-order valence-corrected chi connectivity index (χ3v) is 2.42. The molecule has 0 unspecified atom stereocenters. The number of hydrogen-bond donors (Lipinski definition) is 0. The Morgan fingerprint density at radius 3 is 1.16 bits per heavy atom. The number of hydrogen-bond acceptors (Lipinski definition) is 4. The van der Waals surface area contributed by atoms with E-state index in [-0.39, 0.29) is 84.6 Å². The van der Waals surface area contributed by atoms with Crippen molar-refractivity contribution in [3.63, 3.8) is 0 Å². The normalized spacial score (nSPS) is 10.5. The monoisotopic (exact) mass is 342 g/mol. The third-order valence-electron chi connectivity index (χ3n) is 2.42. The molecule has 0 saturated carbocycles. The van der Waals surface area contributed by atoms with E-state index >= 15 is 0 Å². The number of carboxylic acid groups (broad SMARTS) is 2. The Labute approximate surface area is 156 Å². The maximum atomic E-state index is 10.5. The van der Waals surface area contributed by atoms with Crippen LogP contribution in [0.4, 0.5) is 0 Å². The number of likely N-dealkylation sites (N-methyl/N-ethyl adjacent to an activating group) is 2. The zero-order valence-electron chi connectivity index (χ0n) is 11.8. The maximum absolute atomic E-state index is 10.5. The van der Waals surface area contributed by atoms with Crippen LogP contribution in [-0.4, -0.2) is 113 Å². The molecular weight excluding hydrogens is 323 g/mol. The average molecular weight is 343 g/mol. The molecule has 6 nitrogen and oxygen atoms in total. The minimum Gasteiger partial charge on any atom is -1.00 e. The van der Waals surface area contributed by atoms with Crippen LogP contribution in [0.2, 0.25) is 0 Å². The van der Waals surface area contributed by atoms with E-state index in [4.69, 9.17) is 0 Å². The summed E-state index contributed by atoms with van der Waals surface area (Å²) in [5.41, 5.74) is 0. The SMILES string of the molecule is C[N+](C)(CC[N+](C)(C)CC(=O)[O-])CC(=O)[O-].[Ca+2].[Cl-].[Cl-]. The molecule has 0 rings (SSSR count). The van der Waals surface area contributed by atoms with Crippen molar-refractivity contribution in [1.82, 2.24) is 0 Å². The number of nitrogens with zero attached hydrogens (tertiary/aromatic N) is 2. The van der Waals surface area contributed by atoms with Gasteiger partial charge in [-0.1, -0.05) is 0 Å². The number of carboxylic acids is 2. The average Bonchev–Trinajstić information content (AvgIpc) is 1.96. The molecule has 110 valence electrons. The predicted octanol–water partition coefficient (Wildman–Crippen LogP) is -9.73. The van der Waals surface area contributed by atoms with E-state index in [1.54, 1.807) is 28.2 Å². The Morgan fingerprint density at radius 2 is 1.00 bits per heavy atom. The van der Waals surface area contributed by atoms with Crippen LogP contribution in [0.25, 0.3) is 0 Å². The van der Waals surface area contributed by atoms with Crippen LogP contribution in [0.3, 0.4) is 0 Å². The van der Waals surface area contributed by atoms with Gasteiger partial charge in [0, 0.05) is 0 Å². The van der Waals surface area contributed by atoms with Crippen molar-refractivity contribution < 1.29 is 53.6 Å². The van der Waals surface area contributed by atoms with Gasteiger partial charge < -0.3 is 53.6 Å². The Kier molecular flexibility index (Phi) is 16.7. The standard InChI is InChI=1S/C10H20N2O4.Ca.2ClH/c1-11(2,7-9(13)14)5-6-12(3,4)8-10(15)16;;;/h5-8H2,1-4H3;;2*1H/q;+2;;/p-2. The van der Waals surface area contributed by atoms with Gasteiger partial charge in [0.15, 0.2) is 0 Å². The van der Waals surface area contributed by atoms with E-state index in [1.165, 1.54) is 0 Å². The molecule has 0 aliphatic rings. The van der Waals surface area contributed by atoms with E-state index < -0.39 is 11.9 Å². The molecule has 19 heavy (non-hydrogen) atoms. The molecule has 0 aromatic carbocycles. The largest absolute Gasteiger partial charge is 2.00 e. The number of aliphatic carboxylic acids is 2. The van der Waals surface area contributed by atoms with Crippen LogP contribution in [0.1, 0.15) is 0 Å². The van der Waals surface area contributed by atoms with Crippen molar-refractivity contribution in [3.05, 3.63) is 0 Å². The Morgan fingerprint density at radius 1 is 0.789 bits per heavy atom. The van der Waals surface area contributed by atoms with Gasteiger partial charge in [0.1, 0.15) is 26.2 Å². The minimum absolute atomic E-state index is 0. The summed E-state index contributed by atoms with van der Waals surface area (Å²) in [5.74, 6) is -2.20. The minimum atomic E-state index is -1.10. The second-order valence-corrected chi connectivity index (χ2v) is 5.38. The van der Waals surface area contributed by atoms with E-state index in [0.717, 1.165) is 0 Å². The quantitative estimate of drug-likeness (QED) is 0.340. The number of rotatable bonds is 7. The molecule has 0 aliphatic heterocycles. The molecule has 0 aromatic rings. The summed E-state index contributed by atoms with van der Waals surface area (Å²) in [7, 11) is 7.09.